The Morgan fingerprint density at radius 3 is 2.61 bits per heavy atom. The summed E-state index contributed by atoms with van der Waals surface area (Å²) >= 11 is 0. The van der Waals surface area contributed by atoms with Crippen molar-refractivity contribution in [2.24, 2.45) is 0 Å². The van der Waals surface area contributed by atoms with Gasteiger partial charge in [0.2, 0.25) is 5.91 Å². The second-order valence-corrected chi connectivity index (χ2v) is 8.34. The molecular weight excluding hydrogens is 392 g/mol. The van der Waals surface area contributed by atoms with Gasteiger partial charge in [-0.3, -0.25) is 14.5 Å². The molecule has 3 rings (SSSR count). The van der Waals surface area contributed by atoms with E-state index in [-0.39, 0.29) is 18.9 Å². The third-order valence-corrected chi connectivity index (χ3v) is 5.62. The summed E-state index contributed by atoms with van der Waals surface area (Å²) in [5, 5.41) is 12.2. The monoisotopic (exact) mass is 424 g/mol. The fourth-order valence-electron chi connectivity index (χ4n) is 3.82. The fraction of sp³-hybridized carbons (Fsp3) is 0.440. The van der Waals surface area contributed by atoms with Crippen LogP contribution in [0.5, 0.6) is 5.75 Å². The van der Waals surface area contributed by atoms with E-state index < -0.39 is 5.97 Å². The average molecular weight is 425 g/mol. The first kappa shape index (κ1) is 22.8. The predicted octanol–water partition coefficient (Wildman–Crippen LogP) is 3.61. The number of ether oxygens (including phenoxy) is 1. The number of amides is 1. The summed E-state index contributed by atoms with van der Waals surface area (Å²) in [7, 11) is 0. The Bertz CT molecular complexity index is 926. The van der Waals surface area contributed by atoms with E-state index in [4.69, 9.17) is 4.74 Å². The highest BCUT2D eigenvalue weighted by atomic mass is 16.5. The third kappa shape index (κ3) is 7.10. The van der Waals surface area contributed by atoms with E-state index >= 15 is 0 Å². The maximum absolute atomic E-state index is 12.6. The number of aryl methyl sites for hydroxylation is 2. The molecule has 0 saturated heterocycles. The highest BCUT2D eigenvalue weighted by Gasteiger charge is 2.17. The van der Waals surface area contributed by atoms with Crippen LogP contribution in [0.4, 0.5) is 0 Å². The maximum atomic E-state index is 12.6. The summed E-state index contributed by atoms with van der Waals surface area (Å²) in [4.78, 5) is 25.9. The molecule has 166 valence electrons. The molecule has 6 heteroatoms. The molecule has 31 heavy (non-hydrogen) atoms. The van der Waals surface area contributed by atoms with E-state index in [0.29, 0.717) is 26.2 Å². The number of nitrogens with zero attached hydrogens (tertiary/aromatic N) is 1. The largest absolute Gasteiger partial charge is 0.493 e. The van der Waals surface area contributed by atoms with Gasteiger partial charge in [0.15, 0.2) is 0 Å². The number of carbonyl (C=O) groups excluding carboxylic acids is 1. The molecule has 0 bridgehead atoms. The van der Waals surface area contributed by atoms with Crippen LogP contribution in [-0.4, -0.2) is 41.6 Å². The highest BCUT2D eigenvalue weighted by Crippen LogP contribution is 2.24. The van der Waals surface area contributed by atoms with Crippen molar-refractivity contribution < 1.29 is 19.4 Å². The first-order valence-electron chi connectivity index (χ1n) is 10.9. The fourth-order valence-corrected chi connectivity index (χ4v) is 3.82. The Labute approximate surface area is 184 Å². The van der Waals surface area contributed by atoms with Crippen molar-refractivity contribution in [1.29, 1.82) is 0 Å². The molecule has 0 aliphatic carbocycles. The Morgan fingerprint density at radius 1 is 1.03 bits per heavy atom. The Hall–Kier alpha value is -2.86. The van der Waals surface area contributed by atoms with Crippen LogP contribution in [0, 0.1) is 13.8 Å². The smallest absolute Gasteiger partial charge is 0.307 e. The first-order valence-corrected chi connectivity index (χ1v) is 10.9. The predicted molar refractivity (Wildman–Crippen MR) is 120 cm³/mol. The molecule has 0 fully saturated rings. The summed E-state index contributed by atoms with van der Waals surface area (Å²) in [5.74, 6) is -0.0944. The number of carboxylic acid groups (broad SMARTS) is 1. The van der Waals surface area contributed by atoms with Crippen LogP contribution < -0.4 is 10.1 Å². The van der Waals surface area contributed by atoms with Gasteiger partial charge in [-0.1, -0.05) is 30.3 Å². The van der Waals surface area contributed by atoms with E-state index in [1.807, 2.05) is 18.2 Å². The Kier molecular flexibility index (Phi) is 8.06. The summed E-state index contributed by atoms with van der Waals surface area (Å²) < 4.78 is 6.04. The molecule has 2 N–H and O–H groups in total. The zero-order valence-electron chi connectivity index (χ0n) is 18.4. The highest BCUT2D eigenvalue weighted by molar-refractivity contribution is 5.78. The van der Waals surface area contributed by atoms with Crippen LogP contribution in [0.2, 0.25) is 0 Å². The van der Waals surface area contributed by atoms with Crippen LogP contribution in [0.1, 0.15) is 47.1 Å². The van der Waals surface area contributed by atoms with E-state index in [0.717, 1.165) is 41.7 Å². The molecule has 0 saturated carbocycles. The van der Waals surface area contributed by atoms with Gasteiger partial charge >= 0.3 is 5.97 Å². The van der Waals surface area contributed by atoms with E-state index in [9.17, 15) is 14.7 Å². The van der Waals surface area contributed by atoms with Crippen LogP contribution in [-0.2, 0) is 29.1 Å². The second kappa shape index (κ2) is 11.0. The molecule has 6 nitrogen and oxygen atoms in total. The molecule has 0 unspecified atom stereocenters. The summed E-state index contributed by atoms with van der Waals surface area (Å²) in [6.07, 6.45) is 2.79. The quantitative estimate of drug-likeness (QED) is 0.784. The molecule has 1 aliphatic rings. The lowest BCUT2D eigenvalue weighted by Gasteiger charge is -2.24. The molecule has 0 aromatic heterocycles. The number of nitrogens with one attached hydrogen (secondary N) is 1. The number of carboxylic acids is 1. The minimum absolute atomic E-state index is 0.00670. The standard InChI is InChI=1S/C25H32N2O4/c1-18-6-7-21(12-19(18)2)15-27-16-22-13-20(14-25(29)30)8-9-23(22)31-11-5-3-4-10-26-24(28)17-27/h6-9,12-13H,3-5,10-11,14-17H2,1-2H3,(H,26,28)(H,29,30). The van der Waals surface area contributed by atoms with Crippen molar-refractivity contribution in [2.75, 3.05) is 19.7 Å². The molecule has 1 heterocycles. The number of aliphatic carboxylic acids is 1. The number of fused-ring (bicyclic) bond motifs is 1. The number of rotatable bonds is 4. The van der Waals surface area contributed by atoms with Gasteiger partial charge in [-0.25, -0.2) is 0 Å². The van der Waals surface area contributed by atoms with Crippen molar-refractivity contribution in [1.82, 2.24) is 10.2 Å². The Morgan fingerprint density at radius 2 is 1.84 bits per heavy atom. The lowest BCUT2D eigenvalue weighted by molar-refractivity contribution is -0.136. The SMILES string of the molecule is Cc1ccc(CN2CC(=O)NCCCCCOc3ccc(CC(=O)O)cc3C2)cc1C. The van der Waals surface area contributed by atoms with Crippen LogP contribution in [0.3, 0.4) is 0 Å². The number of hydrogen-bond acceptors (Lipinski definition) is 4. The molecule has 2 aromatic rings. The molecule has 1 aliphatic heterocycles. The Balaban J connectivity index is 1.89. The zero-order chi connectivity index (χ0) is 22.2. The van der Waals surface area contributed by atoms with Crippen molar-refractivity contribution >= 4 is 11.9 Å². The summed E-state index contributed by atoms with van der Waals surface area (Å²) in [6, 6.07) is 11.9. The molecule has 0 radical (unpaired) electrons. The summed E-state index contributed by atoms with van der Waals surface area (Å²) in [5.41, 5.74) is 5.25. The van der Waals surface area contributed by atoms with E-state index in [1.54, 1.807) is 0 Å². The second-order valence-electron chi connectivity index (χ2n) is 8.34. The molecule has 0 spiro atoms. The van der Waals surface area contributed by atoms with Gasteiger partial charge in [-0.2, -0.15) is 0 Å². The van der Waals surface area contributed by atoms with Gasteiger partial charge < -0.3 is 15.2 Å². The molecular formula is C25H32N2O4. The van der Waals surface area contributed by atoms with Gasteiger partial charge in [0.1, 0.15) is 5.75 Å². The minimum atomic E-state index is -0.864. The lowest BCUT2D eigenvalue weighted by atomic mass is 10.0. The van der Waals surface area contributed by atoms with E-state index in [1.165, 1.54) is 11.1 Å². The van der Waals surface area contributed by atoms with Gasteiger partial charge in [0.05, 0.1) is 19.6 Å². The van der Waals surface area contributed by atoms with Crippen molar-refractivity contribution in [2.45, 2.75) is 52.6 Å². The van der Waals surface area contributed by atoms with Crippen molar-refractivity contribution in [3.05, 3.63) is 64.2 Å². The van der Waals surface area contributed by atoms with Crippen molar-refractivity contribution in [3.8, 4) is 5.75 Å². The van der Waals surface area contributed by atoms with Gasteiger partial charge in [0, 0.05) is 25.2 Å². The number of carbonyl (C=O) groups is 2. The van der Waals surface area contributed by atoms with E-state index in [2.05, 4.69) is 42.3 Å². The summed E-state index contributed by atoms with van der Waals surface area (Å²) in [6.45, 7) is 6.86. The molecule has 2 aromatic carbocycles. The van der Waals surface area contributed by atoms with Gasteiger partial charge in [-0.15, -0.1) is 0 Å². The maximum Gasteiger partial charge on any atom is 0.307 e. The topological polar surface area (TPSA) is 78.9 Å². The van der Waals surface area contributed by atoms with Crippen molar-refractivity contribution in [3.63, 3.8) is 0 Å². The van der Waals surface area contributed by atoms with Crippen LogP contribution in [0.15, 0.2) is 36.4 Å². The normalized spacial score (nSPS) is 16.1. The molecule has 1 amide bonds. The lowest BCUT2D eigenvalue weighted by Crippen LogP contribution is -2.37. The van der Waals surface area contributed by atoms with Crippen LogP contribution >= 0.6 is 0 Å². The number of hydrogen-bond donors (Lipinski definition) is 2. The van der Waals surface area contributed by atoms with Crippen LogP contribution in [0.25, 0.3) is 0 Å². The first-order chi connectivity index (χ1) is 14.9. The third-order valence-electron chi connectivity index (χ3n) is 5.62. The zero-order valence-corrected chi connectivity index (χ0v) is 18.4. The molecule has 0 atom stereocenters. The van der Waals surface area contributed by atoms with Gasteiger partial charge in [-0.05, 0) is 61.4 Å². The number of benzene rings is 2. The average Bonchev–Trinajstić information content (AvgIpc) is 2.71. The van der Waals surface area contributed by atoms with Gasteiger partial charge in [0.25, 0.3) is 0 Å². The minimum Gasteiger partial charge on any atom is -0.493 e.